The van der Waals surface area contributed by atoms with E-state index in [-0.39, 0.29) is 42.3 Å². The molecule has 4 aliphatic heterocycles. The maximum absolute atomic E-state index is 14.7. The second-order valence-corrected chi connectivity index (χ2v) is 13.6. The van der Waals surface area contributed by atoms with Crippen LogP contribution >= 0.6 is 0 Å². The van der Waals surface area contributed by atoms with E-state index < -0.39 is 18.0 Å². The van der Waals surface area contributed by atoms with Gasteiger partial charge in [0.15, 0.2) is 17.7 Å². The smallest absolute Gasteiger partial charge is 0.246 e. The minimum absolute atomic E-state index is 0.0123. The van der Waals surface area contributed by atoms with Crippen molar-refractivity contribution < 1.29 is 23.8 Å². The first-order chi connectivity index (χ1) is 20.9. The molecule has 1 amide bonds. The van der Waals surface area contributed by atoms with Crippen molar-refractivity contribution in [3.8, 4) is 6.07 Å². The van der Waals surface area contributed by atoms with E-state index in [1.54, 1.807) is 12.0 Å². The maximum atomic E-state index is 14.7. The Hall–Kier alpha value is -1.91. The van der Waals surface area contributed by atoms with Crippen LogP contribution in [-0.4, -0.2) is 122 Å². The Labute approximate surface area is 256 Å². The lowest BCUT2D eigenvalue weighted by molar-refractivity contribution is -0.230. The summed E-state index contributed by atoms with van der Waals surface area (Å²) in [6.45, 7) is 7.62. The first-order valence-electron chi connectivity index (χ1n) is 16.5. The molecular formula is C32H50N6O5. The molecule has 0 radical (unpaired) electrons. The number of nitrogens with one attached hydrogen (secondary N) is 2. The molecule has 9 unspecified atom stereocenters. The molecule has 238 valence electrons. The van der Waals surface area contributed by atoms with Gasteiger partial charge in [-0.15, -0.1) is 0 Å². The molecule has 4 heterocycles. The number of likely N-dealkylation sites (tertiary alicyclic amines) is 1. The number of carbonyl (C=O) groups is 2. The van der Waals surface area contributed by atoms with Crippen LogP contribution in [0.5, 0.6) is 0 Å². The molecule has 4 saturated heterocycles. The van der Waals surface area contributed by atoms with Gasteiger partial charge in [-0.2, -0.15) is 5.26 Å². The molecule has 43 heavy (non-hydrogen) atoms. The molecule has 11 nitrogen and oxygen atoms in total. The highest BCUT2D eigenvalue weighted by Gasteiger charge is 2.62. The Morgan fingerprint density at radius 1 is 1.14 bits per heavy atom. The lowest BCUT2D eigenvalue weighted by Crippen LogP contribution is -2.77. The highest BCUT2D eigenvalue weighted by Crippen LogP contribution is 2.49. The van der Waals surface area contributed by atoms with Gasteiger partial charge in [0.25, 0.3) is 0 Å². The molecule has 6 aliphatic rings. The van der Waals surface area contributed by atoms with Crippen molar-refractivity contribution in [2.75, 3.05) is 53.6 Å². The van der Waals surface area contributed by atoms with Crippen LogP contribution in [0.2, 0.25) is 0 Å². The van der Waals surface area contributed by atoms with Gasteiger partial charge in [-0.3, -0.25) is 25.1 Å². The zero-order valence-electron chi connectivity index (χ0n) is 25.9. The standard InChI is InChI=1S/C32H50N6O5/c1-4-26(39)38-17-16-37(18-22(38)12-14-33)30-25-11-13-32(29(41-3)24-10-6-5-8-21(24)19-43-32)28(40)27(25)34-31(35-30)42-20-23-9-7-15-36(23)2/h4,21-25,27,29-31,34-35H,1,5-13,15-20H2,2-3H3/t21?,22?,23?,24?,25?,27?,29?,30?,31?,32-/m1/s1. The molecule has 0 aromatic carbocycles. The van der Waals surface area contributed by atoms with Crippen LogP contribution in [0.15, 0.2) is 12.7 Å². The van der Waals surface area contributed by atoms with Crippen molar-refractivity contribution in [1.82, 2.24) is 25.3 Å². The fraction of sp³-hybridized carbons (Fsp3) is 0.844. The van der Waals surface area contributed by atoms with Gasteiger partial charge in [-0.05, 0) is 70.0 Å². The summed E-state index contributed by atoms with van der Waals surface area (Å²) >= 11 is 0. The first kappa shape index (κ1) is 31.1. The van der Waals surface area contributed by atoms with Gasteiger partial charge in [0.2, 0.25) is 5.91 Å². The molecule has 6 rings (SSSR count). The minimum atomic E-state index is -0.946. The van der Waals surface area contributed by atoms with Gasteiger partial charge in [0, 0.05) is 38.7 Å². The molecule has 11 heteroatoms. The summed E-state index contributed by atoms with van der Waals surface area (Å²) < 4.78 is 19.3. The summed E-state index contributed by atoms with van der Waals surface area (Å²) in [6, 6.07) is 1.93. The molecule has 0 aromatic heterocycles. The van der Waals surface area contributed by atoms with Crippen molar-refractivity contribution in [2.45, 2.75) is 100 Å². The first-order valence-corrected chi connectivity index (χ1v) is 16.5. The van der Waals surface area contributed by atoms with Crippen molar-refractivity contribution in [3.05, 3.63) is 12.7 Å². The van der Waals surface area contributed by atoms with Crippen LogP contribution in [0, 0.1) is 29.1 Å². The summed E-state index contributed by atoms with van der Waals surface area (Å²) in [4.78, 5) is 33.7. The highest BCUT2D eigenvalue weighted by molar-refractivity contribution is 5.94. The number of likely N-dealkylation sites (N-methyl/N-ethyl adjacent to an activating group) is 1. The van der Waals surface area contributed by atoms with Gasteiger partial charge < -0.3 is 24.0 Å². The molecule has 2 N–H and O–H groups in total. The number of nitriles is 1. The van der Waals surface area contributed by atoms with Crippen LogP contribution in [0.25, 0.3) is 0 Å². The number of rotatable bonds is 7. The largest absolute Gasteiger partial charge is 0.378 e. The number of ketones is 1. The maximum Gasteiger partial charge on any atom is 0.246 e. The molecule has 0 aromatic rings. The van der Waals surface area contributed by atoms with Crippen LogP contribution < -0.4 is 10.6 Å². The van der Waals surface area contributed by atoms with Crippen LogP contribution in [0.3, 0.4) is 0 Å². The second-order valence-electron chi connectivity index (χ2n) is 13.6. The average molecular weight is 599 g/mol. The fourth-order valence-electron chi connectivity index (χ4n) is 9.16. The lowest BCUT2D eigenvalue weighted by Gasteiger charge is -2.58. The van der Waals surface area contributed by atoms with Crippen molar-refractivity contribution >= 4 is 11.7 Å². The Balaban J connectivity index is 1.25. The van der Waals surface area contributed by atoms with E-state index >= 15 is 0 Å². The molecule has 6 fully saturated rings. The van der Waals surface area contributed by atoms with Crippen LogP contribution in [-0.2, 0) is 23.8 Å². The number of nitrogens with zero attached hydrogens (tertiary/aromatic N) is 4. The second kappa shape index (κ2) is 13.2. The lowest BCUT2D eigenvalue weighted by atomic mass is 9.62. The number of amides is 1. The van der Waals surface area contributed by atoms with Crippen molar-refractivity contribution in [3.63, 3.8) is 0 Å². The van der Waals surface area contributed by atoms with Gasteiger partial charge >= 0.3 is 0 Å². The number of piperazine rings is 1. The quantitative estimate of drug-likeness (QED) is 0.417. The van der Waals surface area contributed by atoms with Crippen LogP contribution in [0.4, 0.5) is 0 Å². The zero-order chi connectivity index (χ0) is 30.1. The summed E-state index contributed by atoms with van der Waals surface area (Å²) in [5.41, 5.74) is -0.946. The fourth-order valence-corrected chi connectivity index (χ4v) is 9.16. The van der Waals surface area contributed by atoms with Gasteiger partial charge in [-0.1, -0.05) is 19.4 Å². The number of hydrogen-bond acceptors (Lipinski definition) is 10. The number of hydrogen-bond donors (Lipinski definition) is 2. The van der Waals surface area contributed by atoms with Gasteiger partial charge in [-0.25, -0.2) is 0 Å². The third-order valence-corrected chi connectivity index (χ3v) is 11.5. The molecule has 2 aliphatic carbocycles. The van der Waals surface area contributed by atoms with E-state index in [4.69, 9.17) is 14.2 Å². The Kier molecular flexibility index (Phi) is 9.55. The summed E-state index contributed by atoms with van der Waals surface area (Å²) in [7, 11) is 3.88. The zero-order valence-corrected chi connectivity index (χ0v) is 25.9. The monoisotopic (exact) mass is 598 g/mol. The molecule has 1 spiro atoms. The number of methoxy groups -OCH3 is 1. The van der Waals surface area contributed by atoms with Crippen molar-refractivity contribution in [1.29, 1.82) is 5.26 Å². The van der Waals surface area contributed by atoms with E-state index in [0.717, 1.165) is 38.6 Å². The molecule has 2 saturated carbocycles. The number of carbonyl (C=O) groups excluding carboxylic acids is 2. The topological polar surface area (TPSA) is 119 Å². The Morgan fingerprint density at radius 3 is 2.72 bits per heavy atom. The minimum Gasteiger partial charge on any atom is -0.378 e. The predicted octanol–water partition coefficient (Wildman–Crippen LogP) is 1.45. The third-order valence-electron chi connectivity index (χ3n) is 11.5. The van der Waals surface area contributed by atoms with E-state index in [2.05, 4.69) is 40.1 Å². The normalized spacial score (nSPS) is 42.3. The van der Waals surface area contributed by atoms with E-state index in [9.17, 15) is 14.9 Å². The Bertz CT molecular complexity index is 1080. The van der Waals surface area contributed by atoms with Gasteiger partial charge in [0.05, 0.1) is 50.1 Å². The number of Topliss-reactive ketones (excluding diaryl/α,β-unsaturated/α-hetero) is 1. The SMILES string of the molecule is C=CC(=O)N1CCN(C2NC(OCC3CCCN3C)NC3C(=O)[C@@]4(CCC32)OCC2CCCCC2C4OC)CC1CC#N. The molecular weight excluding hydrogens is 548 g/mol. The van der Waals surface area contributed by atoms with E-state index in [1.165, 1.54) is 18.9 Å². The van der Waals surface area contributed by atoms with Crippen LogP contribution in [0.1, 0.15) is 57.8 Å². The van der Waals surface area contributed by atoms with E-state index in [1.807, 2.05) is 0 Å². The average Bonchev–Trinajstić information content (AvgIpc) is 3.45. The summed E-state index contributed by atoms with van der Waals surface area (Å²) in [6.07, 6.45) is 8.99. The third kappa shape index (κ3) is 5.81. The predicted molar refractivity (Wildman–Crippen MR) is 159 cm³/mol. The van der Waals surface area contributed by atoms with Gasteiger partial charge in [0.1, 0.15) is 0 Å². The number of ether oxygens (including phenoxy) is 3. The molecule has 10 atom stereocenters. The Morgan fingerprint density at radius 2 is 1.98 bits per heavy atom. The summed E-state index contributed by atoms with van der Waals surface area (Å²) in [5, 5.41) is 16.9. The summed E-state index contributed by atoms with van der Waals surface area (Å²) in [5.74, 6) is 0.731. The van der Waals surface area contributed by atoms with E-state index in [0.29, 0.717) is 57.1 Å². The number of fused-ring (bicyclic) bond motifs is 2. The molecule has 0 bridgehead atoms. The van der Waals surface area contributed by atoms with Crippen molar-refractivity contribution in [2.24, 2.45) is 17.8 Å². The highest BCUT2D eigenvalue weighted by atomic mass is 16.6.